The molecule has 1 fully saturated rings. The molecule has 3 rings (SSSR count). The lowest BCUT2D eigenvalue weighted by Gasteiger charge is -2.33. The molecule has 1 saturated carbocycles. The lowest BCUT2D eigenvalue weighted by Crippen LogP contribution is -2.38. The molecular weight excluding hydrogens is 429 g/mol. The largest absolute Gasteiger partial charge is 0.322 e. The first-order valence-corrected chi connectivity index (χ1v) is 14.0. The fourth-order valence-corrected chi connectivity index (χ4v) is 9.74. The Morgan fingerprint density at radius 1 is 0.939 bits per heavy atom. The van der Waals surface area contributed by atoms with E-state index in [9.17, 15) is 14.9 Å². The molecule has 0 spiro atoms. The SMILES string of the molecule is CC[P+](CC)(CC(=O)Nc1c(C)cccc1C)C1(C(=O)Nc2c(C)cc(C#N)cc2C)CC1. The van der Waals surface area contributed by atoms with E-state index in [1.54, 1.807) is 0 Å². The van der Waals surface area contributed by atoms with E-state index in [0.717, 1.165) is 58.8 Å². The van der Waals surface area contributed by atoms with Gasteiger partial charge >= 0.3 is 0 Å². The molecule has 0 aliphatic heterocycles. The third kappa shape index (κ3) is 4.68. The van der Waals surface area contributed by atoms with Gasteiger partial charge in [-0.05, 0) is 75.9 Å². The second-order valence-corrected chi connectivity index (χ2v) is 14.1. The van der Waals surface area contributed by atoms with Crippen molar-refractivity contribution in [1.29, 1.82) is 5.26 Å². The van der Waals surface area contributed by atoms with Gasteiger partial charge in [-0.15, -0.1) is 0 Å². The monoisotopic (exact) mass is 464 g/mol. The Kier molecular flexibility index (Phi) is 7.29. The van der Waals surface area contributed by atoms with E-state index in [1.165, 1.54) is 0 Å². The minimum absolute atomic E-state index is 0.00856. The maximum absolute atomic E-state index is 13.7. The van der Waals surface area contributed by atoms with Crippen LogP contribution in [0.5, 0.6) is 0 Å². The van der Waals surface area contributed by atoms with Gasteiger partial charge in [-0.2, -0.15) is 5.26 Å². The van der Waals surface area contributed by atoms with Gasteiger partial charge < -0.3 is 10.6 Å². The molecule has 0 saturated heterocycles. The summed E-state index contributed by atoms with van der Waals surface area (Å²) >= 11 is 0. The van der Waals surface area contributed by atoms with Crippen LogP contribution >= 0.6 is 7.26 Å². The number of aryl methyl sites for hydroxylation is 4. The Bertz CT molecular complexity index is 1080. The second-order valence-electron chi connectivity index (χ2n) is 9.33. The molecule has 5 nitrogen and oxygen atoms in total. The van der Waals surface area contributed by atoms with Crippen LogP contribution in [0.3, 0.4) is 0 Å². The summed E-state index contributed by atoms with van der Waals surface area (Å²) in [6.45, 7) is 12.1. The van der Waals surface area contributed by atoms with Gasteiger partial charge in [0.05, 0.1) is 24.0 Å². The van der Waals surface area contributed by atoms with Crippen molar-refractivity contribution in [2.24, 2.45) is 0 Å². The summed E-state index contributed by atoms with van der Waals surface area (Å²) in [4.78, 5) is 26.9. The van der Waals surface area contributed by atoms with E-state index in [0.29, 0.717) is 11.7 Å². The number of para-hydroxylation sites is 1. The van der Waals surface area contributed by atoms with Crippen molar-refractivity contribution in [2.75, 3.05) is 29.1 Å². The van der Waals surface area contributed by atoms with Crippen LogP contribution in [0.4, 0.5) is 11.4 Å². The quantitative estimate of drug-likeness (QED) is 0.473. The van der Waals surface area contributed by atoms with E-state index in [-0.39, 0.29) is 11.8 Å². The van der Waals surface area contributed by atoms with E-state index >= 15 is 0 Å². The molecule has 0 aromatic heterocycles. The van der Waals surface area contributed by atoms with E-state index < -0.39 is 12.4 Å². The molecule has 33 heavy (non-hydrogen) atoms. The third-order valence-electron chi connectivity index (χ3n) is 7.36. The zero-order valence-electron chi connectivity index (χ0n) is 20.6. The van der Waals surface area contributed by atoms with Crippen molar-refractivity contribution in [1.82, 2.24) is 0 Å². The number of rotatable bonds is 8. The highest BCUT2D eigenvalue weighted by Gasteiger charge is 2.69. The minimum atomic E-state index is -1.89. The maximum atomic E-state index is 13.7. The third-order valence-corrected chi connectivity index (χ3v) is 13.1. The van der Waals surface area contributed by atoms with Crippen molar-refractivity contribution >= 4 is 30.5 Å². The predicted molar refractivity (Wildman–Crippen MR) is 139 cm³/mol. The summed E-state index contributed by atoms with van der Waals surface area (Å²) in [6.07, 6.45) is 3.82. The Labute approximate surface area is 198 Å². The Hall–Kier alpha value is -2.70. The van der Waals surface area contributed by atoms with Crippen LogP contribution in [0.2, 0.25) is 0 Å². The zero-order valence-corrected chi connectivity index (χ0v) is 21.5. The normalized spacial score (nSPS) is 14.3. The Balaban J connectivity index is 1.85. The number of amides is 2. The standard InChI is InChI=1S/C27H34N3O2P/c1-7-33(8-2,17-23(31)29-24-18(3)10-9-11-19(24)4)27(12-13-27)26(32)30-25-20(5)14-22(16-28)15-21(25)6/h9-11,14-15H,7-8,12-13,17H2,1-6H3,(H-,29,30,31,32)/p+1. The molecule has 6 heteroatoms. The van der Waals surface area contributed by atoms with Crippen molar-refractivity contribution in [3.8, 4) is 6.07 Å². The second kappa shape index (κ2) is 9.65. The van der Waals surface area contributed by atoms with Crippen LogP contribution in [0.1, 0.15) is 54.5 Å². The first kappa shape index (κ1) is 24.9. The zero-order chi connectivity index (χ0) is 24.4. The average Bonchev–Trinajstić information content (AvgIpc) is 3.59. The number of hydrogen-bond donors (Lipinski definition) is 2. The van der Waals surface area contributed by atoms with E-state index in [4.69, 9.17) is 0 Å². The molecule has 2 amide bonds. The van der Waals surface area contributed by atoms with Gasteiger partial charge in [0.25, 0.3) is 11.8 Å². The number of benzene rings is 2. The topological polar surface area (TPSA) is 82.0 Å². The van der Waals surface area contributed by atoms with Crippen LogP contribution in [-0.2, 0) is 9.59 Å². The molecule has 0 unspecified atom stereocenters. The number of carbonyl (C=O) groups excluding carboxylic acids is 2. The molecule has 0 atom stereocenters. The highest BCUT2D eigenvalue weighted by atomic mass is 31.2. The van der Waals surface area contributed by atoms with Crippen molar-refractivity contribution in [2.45, 2.75) is 59.5 Å². The smallest absolute Gasteiger partial charge is 0.268 e. The van der Waals surface area contributed by atoms with Crippen molar-refractivity contribution < 1.29 is 9.59 Å². The highest BCUT2D eigenvalue weighted by molar-refractivity contribution is 7.79. The molecule has 2 N–H and O–H groups in total. The Morgan fingerprint density at radius 2 is 1.45 bits per heavy atom. The fraction of sp³-hybridized carbons (Fsp3) is 0.444. The molecule has 1 aliphatic rings. The molecule has 0 bridgehead atoms. The lowest BCUT2D eigenvalue weighted by molar-refractivity contribution is -0.116. The van der Waals surface area contributed by atoms with Crippen LogP contribution < -0.4 is 10.6 Å². The number of nitrogens with zero attached hydrogens (tertiary/aromatic N) is 1. The van der Waals surface area contributed by atoms with Gasteiger partial charge in [0.1, 0.15) is 6.16 Å². The van der Waals surface area contributed by atoms with Gasteiger partial charge in [-0.25, -0.2) is 0 Å². The van der Waals surface area contributed by atoms with Crippen LogP contribution in [0.25, 0.3) is 0 Å². The lowest BCUT2D eigenvalue weighted by atomic mass is 10.0. The number of nitrogens with one attached hydrogen (secondary N) is 2. The van der Waals surface area contributed by atoms with Gasteiger partial charge in [-0.1, -0.05) is 18.2 Å². The van der Waals surface area contributed by atoms with Crippen molar-refractivity contribution in [3.05, 3.63) is 58.1 Å². The first-order chi connectivity index (χ1) is 15.6. The molecule has 2 aromatic carbocycles. The maximum Gasteiger partial charge on any atom is 0.268 e. The van der Waals surface area contributed by atoms with Gasteiger partial charge in [0.15, 0.2) is 5.16 Å². The molecular formula is C27H35N3O2P+. The van der Waals surface area contributed by atoms with Crippen LogP contribution in [-0.4, -0.2) is 35.5 Å². The summed E-state index contributed by atoms with van der Waals surface area (Å²) in [5.74, 6) is 0.0459. The summed E-state index contributed by atoms with van der Waals surface area (Å²) in [5.41, 5.74) is 6.13. The average molecular weight is 465 g/mol. The number of anilines is 2. The molecule has 0 heterocycles. The molecule has 1 aliphatic carbocycles. The molecule has 2 aromatic rings. The highest BCUT2D eigenvalue weighted by Crippen LogP contribution is 2.77. The predicted octanol–water partition coefficient (Wildman–Crippen LogP) is 5.96. The van der Waals surface area contributed by atoms with Crippen LogP contribution in [0.15, 0.2) is 30.3 Å². The van der Waals surface area contributed by atoms with E-state index in [2.05, 4.69) is 30.6 Å². The Morgan fingerprint density at radius 3 is 1.91 bits per heavy atom. The minimum Gasteiger partial charge on any atom is -0.322 e. The summed E-state index contributed by atoms with van der Waals surface area (Å²) in [7, 11) is -1.89. The van der Waals surface area contributed by atoms with Gasteiger partial charge in [0, 0.05) is 31.5 Å². The number of carbonyl (C=O) groups is 2. The van der Waals surface area contributed by atoms with Crippen molar-refractivity contribution in [3.63, 3.8) is 0 Å². The number of hydrogen-bond acceptors (Lipinski definition) is 3. The number of nitriles is 1. The summed E-state index contributed by atoms with van der Waals surface area (Å²) in [6, 6.07) is 11.8. The molecule has 174 valence electrons. The van der Waals surface area contributed by atoms with E-state index in [1.807, 2.05) is 58.0 Å². The molecule has 0 radical (unpaired) electrons. The van der Waals surface area contributed by atoms with Gasteiger partial charge in [0.2, 0.25) is 0 Å². The fourth-order valence-electron chi connectivity index (χ4n) is 5.16. The van der Waals surface area contributed by atoms with Gasteiger partial charge in [-0.3, -0.25) is 9.59 Å². The van der Waals surface area contributed by atoms with Crippen LogP contribution in [0, 0.1) is 39.0 Å². The summed E-state index contributed by atoms with van der Waals surface area (Å²) < 4.78 is 0. The first-order valence-electron chi connectivity index (χ1n) is 11.7. The summed E-state index contributed by atoms with van der Waals surface area (Å²) in [5, 5.41) is 15.1.